The van der Waals surface area contributed by atoms with Crippen LogP contribution in [0.4, 0.5) is 0 Å². The zero-order valence-corrected chi connectivity index (χ0v) is 27.7. The molecular formula is C30H53N7O9. The number of carboxylic acids is 1. The van der Waals surface area contributed by atoms with Crippen LogP contribution in [-0.2, 0) is 33.6 Å². The van der Waals surface area contributed by atoms with Crippen LogP contribution >= 0.6 is 0 Å². The molecule has 1 aliphatic rings. The molecule has 0 aromatic rings. The van der Waals surface area contributed by atoms with E-state index in [2.05, 4.69) is 31.9 Å². The van der Waals surface area contributed by atoms with Gasteiger partial charge in [-0.3, -0.25) is 28.8 Å². The predicted octanol–water partition coefficient (Wildman–Crippen LogP) is -1.75. The molecule has 1 rings (SSSR count). The first-order chi connectivity index (χ1) is 21.4. The van der Waals surface area contributed by atoms with Gasteiger partial charge in [-0.1, -0.05) is 41.5 Å². The molecule has 1 heterocycles. The number of hydrogen-bond acceptors (Lipinski definition) is 9. The van der Waals surface area contributed by atoms with Crippen molar-refractivity contribution in [3.05, 3.63) is 0 Å². The van der Waals surface area contributed by atoms with E-state index in [-0.39, 0.29) is 62.8 Å². The van der Waals surface area contributed by atoms with Crippen molar-refractivity contribution in [1.82, 2.24) is 31.9 Å². The first-order valence-corrected chi connectivity index (χ1v) is 15.8. The lowest BCUT2D eigenvalue weighted by atomic mass is 9.98. The number of nitrogens with one attached hydrogen (secondary N) is 6. The van der Waals surface area contributed by atoms with E-state index >= 15 is 0 Å². The summed E-state index contributed by atoms with van der Waals surface area (Å²) in [6.07, 6.45) is -0.376. The number of β-amino-alcohol motifs (C(OH)–C–C–N with tert-alkyl or cyclic N) is 1. The van der Waals surface area contributed by atoms with Crippen LogP contribution in [0.3, 0.4) is 0 Å². The van der Waals surface area contributed by atoms with E-state index in [4.69, 9.17) is 5.73 Å². The average molecular weight is 656 g/mol. The molecule has 262 valence electrons. The van der Waals surface area contributed by atoms with Gasteiger partial charge < -0.3 is 47.8 Å². The maximum Gasteiger partial charge on any atom is 0.326 e. The summed E-state index contributed by atoms with van der Waals surface area (Å²) in [5.74, 6) is -5.43. The van der Waals surface area contributed by atoms with E-state index in [0.717, 1.165) is 0 Å². The molecule has 0 aliphatic carbocycles. The van der Waals surface area contributed by atoms with Crippen molar-refractivity contribution in [2.75, 3.05) is 13.1 Å². The Morgan fingerprint density at radius 3 is 1.61 bits per heavy atom. The minimum absolute atomic E-state index is 0.0113. The van der Waals surface area contributed by atoms with Gasteiger partial charge in [0.05, 0.1) is 18.7 Å². The summed E-state index contributed by atoms with van der Waals surface area (Å²) in [4.78, 5) is 88.2. The number of nitrogens with two attached hydrogens (primary N) is 1. The number of aliphatic carboxylic acids is 1. The number of carbonyl (C=O) groups is 7. The fourth-order valence-corrected chi connectivity index (χ4v) is 4.92. The van der Waals surface area contributed by atoms with Crippen molar-refractivity contribution in [3.8, 4) is 0 Å². The smallest absolute Gasteiger partial charge is 0.326 e. The quantitative estimate of drug-likeness (QED) is 0.0715. The van der Waals surface area contributed by atoms with Crippen LogP contribution in [0.2, 0.25) is 0 Å². The number of amides is 6. The van der Waals surface area contributed by atoms with Crippen LogP contribution in [0.25, 0.3) is 0 Å². The first kappa shape index (κ1) is 40.2. The first-order valence-electron chi connectivity index (χ1n) is 15.8. The molecule has 0 aromatic carbocycles. The van der Waals surface area contributed by atoms with E-state index < -0.39 is 84.3 Å². The van der Waals surface area contributed by atoms with Crippen LogP contribution in [0.5, 0.6) is 0 Å². The maximum absolute atomic E-state index is 13.5. The van der Waals surface area contributed by atoms with Crippen molar-refractivity contribution in [2.45, 2.75) is 116 Å². The zero-order chi connectivity index (χ0) is 35.1. The van der Waals surface area contributed by atoms with Gasteiger partial charge in [-0.15, -0.1) is 0 Å². The Bertz CT molecular complexity index is 1080. The second-order valence-corrected chi connectivity index (χ2v) is 13.1. The summed E-state index contributed by atoms with van der Waals surface area (Å²) in [5.41, 5.74) is 5.26. The lowest BCUT2D eigenvalue weighted by molar-refractivity contribution is -0.143. The van der Waals surface area contributed by atoms with Gasteiger partial charge in [0.15, 0.2) is 0 Å². The summed E-state index contributed by atoms with van der Waals surface area (Å²) in [6.45, 7) is 10.7. The zero-order valence-electron chi connectivity index (χ0n) is 27.7. The van der Waals surface area contributed by atoms with Gasteiger partial charge in [0.2, 0.25) is 35.4 Å². The molecule has 6 atom stereocenters. The van der Waals surface area contributed by atoms with Crippen LogP contribution in [0.15, 0.2) is 0 Å². The van der Waals surface area contributed by atoms with Gasteiger partial charge in [0.25, 0.3) is 0 Å². The summed E-state index contributed by atoms with van der Waals surface area (Å²) in [5, 5.41) is 34.7. The predicted molar refractivity (Wildman–Crippen MR) is 168 cm³/mol. The standard InChI is InChI=1S/C30H53N7O9/c1-15(2)9-21(28(43)36-22(10-16(3)4)29(44)37-23(30(45)46)11-17(5)6)35-27(42)19(7-8-24(31)39)34-25(40)14-33-26(41)20-12-18(38)13-32-20/h15-23,32,38H,7-14H2,1-6H3,(H2,31,39)(H,33,41)(H,34,40)(H,35,42)(H,36,43)(H,37,44)(H,45,46)/t18-,19+,20+,21+,22+,23+/m1/s1. The Hall–Kier alpha value is -3.79. The number of hydrogen-bond donors (Lipinski definition) is 9. The van der Waals surface area contributed by atoms with Crippen LogP contribution in [0, 0.1) is 17.8 Å². The molecule has 16 heteroatoms. The third kappa shape index (κ3) is 15.5. The monoisotopic (exact) mass is 655 g/mol. The number of aliphatic hydroxyl groups is 1. The number of carbonyl (C=O) groups excluding carboxylic acids is 6. The van der Waals surface area contributed by atoms with E-state index in [1.165, 1.54) is 0 Å². The molecule has 1 aliphatic heterocycles. The summed E-state index contributed by atoms with van der Waals surface area (Å²) < 4.78 is 0. The fourth-order valence-electron chi connectivity index (χ4n) is 4.92. The van der Waals surface area contributed by atoms with Crippen LogP contribution in [0.1, 0.15) is 80.1 Å². The van der Waals surface area contributed by atoms with Crippen molar-refractivity contribution >= 4 is 41.4 Å². The largest absolute Gasteiger partial charge is 0.480 e. The maximum atomic E-state index is 13.5. The normalized spacial score (nSPS) is 18.7. The SMILES string of the molecule is CC(C)C[C@H](NC(=O)[C@H](CC(C)C)NC(=O)[C@H](CC(C)C)NC(=O)[C@H](CCC(N)=O)NC(=O)CNC(=O)[C@@H]1C[C@@H](O)CN1)C(=O)O. The Balaban J connectivity index is 3.04. The lowest BCUT2D eigenvalue weighted by Gasteiger charge is -2.27. The highest BCUT2D eigenvalue weighted by atomic mass is 16.4. The molecule has 1 fully saturated rings. The van der Waals surface area contributed by atoms with E-state index in [9.17, 15) is 43.8 Å². The third-order valence-electron chi connectivity index (χ3n) is 7.18. The van der Waals surface area contributed by atoms with E-state index in [0.29, 0.717) is 0 Å². The molecule has 0 saturated carbocycles. The van der Waals surface area contributed by atoms with Gasteiger partial charge in [0, 0.05) is 13.0 Å². The second-order valence-electron chi connectivity index (χ2n) is 13.1. The molecule has 16 nitrogen and oxygen atoms in total. The summed E-state index contributed by atoms with van der Waals surface area (Å²) in [6, 6.07) is -5.33. The Morgan fingerprint density at radius 2 is 1.20 bits per heavy atom. The Kier molecular flexibility index (Phi) is 17.2. The van der Waals surface area contributed by atoms with Gasteiger partial charge in [-0.05, 0) is 49.9 Å². The van der Waals surface area contributed by atoms with Crippen molar-refractivity contribution < 1.29 is 43.8 Å². The topological polar surface area (TPSA) is 258 Å². The van der Waals surface area contributed by atoms with Crippen molar-refractivity contribution in [3.63, 3.8) is 0 Å². The molecule has 46 heavy (non-hydrogen) atoms. The summed E-state index contributed by atoms with van der Waals surface area (Å²) in [7, 11) is 0. The van der Waals surface area contributed by atoms with Gasteiger partial charge in [-0.2, -0.15) is 0 Å². The minimum atomic E-state index is -1.28. The van der Waals surface area contributed by atoms with Crippen molar-refractivity contribution in [2.24, 2.45) is 23.5 Å². The van der Waals surface area contributed by atoms with E-state index in [1.54, 1.807) is 0 Å². The second kappa shape index (κ2) is 19.7. The molecule has 6 amide bonds. The molecule has 0 unspecified atom stereocenters. The average Bonchev–Trinajstić information content (AvgIpc) is 3.38. The number of primary amides is 1. The van der Waals surface area contributed by atoms with E-state index in [1.807, 2.05) is 41.5 Å². The molecule has 0 spiro atoms. The highest BCUT2D eigenvalue weighted by molar-refractivity contribution is 5.96. The molecule has 10 N–H and O–H groups in total. The van der Waals surface area contributed by atoms with Gasteiger partial charge in [0.1, 0.15) is 24.2 Å². The molecule has 1 saturated heterocycles. The number of carboxylic acid groups (broad SMARTS) is 1. The van der Waals surface area contributed by atoms with Gasteiger partial charge >= 0.3 is 5.97 Å². The Labute approximate surface area is 270 Å². The molecule has 0 aromatic heterocycles. The van der Waals surface area contributed by atoms with Crippen molar-refractivity contribution in [1.29, 1.82) is 0 Å². The fraction of sp³-hybridized carbons (Fsp3) is 0.767. The molecule has 0 radical (unpaired) electrons. The number of rotatable bonds is 20. The highest BCUT2D eigenvalue weighted by Gasteiger charge is 2.33. The summed E-state index contributed by atoms with van der Waals surface area (Å²) >= 11 is 0. The van der Waals surface area contributed by atoms with Gasteiger partial charge in [-0.25, -0.2) is 4.79 Å². The lowest BCUT2D eigenvalue weighted by Crippen LogP contribution is -2.58. The van der Waals surface area contributed by atoms with Crippen LogP contribution < -0.4 is 37.6 Å². The molecule has 0 bridgehead atoms. The molecular weight excluding hydrogens is 602 g/mol. The number of aliphatic hydroxyl groups excluding tert-OH is 1. The minimum Gasteiger partial charge on any atom is -0.480 e. The third-order valence-corrected chi connectivity index (χ3v) is 7.18. The van der Waals surface area contributed by atoms with Crippen LogP contribution in [-0.4, -0.2) is 101 Å². The highest BCUT2D eigenvalue weighted by Crippen LogP contribution is 2.12. The Morgan fingerprint density at radius 1 is 0.739 bits per heavy atom.